The number of aryl methyl sites for hydroxylation is 1. The molecule has 1 aliphatic rings. The minimum absolute atomic E-state index is 0.606. The third kappa shape index (κ3) is 1.45. The minimum atomic E-state index is -0.824. The van der Waals surface area contributed by atoms with Gasteiger partial charge in [0.05, 0.1) is 0 Å². The molecule has 0 spiro atoms. The van der Waals surface area contributed by atoms with E-state index in [2.05, 4.69) is 16.4 Å². The van der Waals surface area contributed by atoms with Gasteiger partial charge in [0.2, 0.25) is 0 Å². The van der Waals surface area contributed by atoms with Crippen molar-refractivity contribution in [1.29, 1.82) is 0 Å². The van der Waals surface area contributed by atoms with Crippen molar-refractivity contribution in [2.24, 2.45) is 0 Å². The van der Waals surface area contributed by atoms with Crippen LogP contribution in [0.25, 0.3) is 10.9 Å². The van der Waals surface area contributed by atoms with Crippen LogP contribution in [0.1, 0.15) is 22.9 Å². The number of rotatable bonds is 1. The van der Waals surface area contributed by atoms with Crippen LogP contribution >= 0.6 is 0 Å². The maximum atomic E-state index is 11.2. The lowest BCUT2D eigenvalue weighted by Gasteiger charge is -2.20. The molecular formula is C13H14N2O2. The highest BCUT2D eigenvalue weighted by molar-refractivity contribution is 5.90. The molecule has 1 aromatic carbocycles. The molecule has 0 saturated carbocycles. The molecule has 0 aliphatic carbocycles. The molecule has 1 atom stereocenters. The number of aliphatic carboxylic acids is 1. The number of carboxylic acid groups (broad SMARTS) is 1. The topological polar surface area (TPSA) is 65.1 Å². The van der Waals surface area contributed by atoms with E-state index in [1.54, 1.807) is 0 Å². The van der Waals surface area contributed by atoms with Crippen LogP contribution in [0.2, 0.25) is 0 Å². The summed E-state index contributed by atoms with van der Waals surface area (Å²) in [7, 11) is 0. The van der Waals surface area contributed by atoms with Crippen LogP contribution in [0.15, 0.2) is 18.2 Å². The molecule has 3 rings (SSSR count). The van der Waals surface area contributed by atoms with E-state index in [4.69, 9.17) is 0 Å². The summed E-state index contributed by atoms with van der Waals surface area (Å²) in [6.45, 7) is 2.75. The standard InChI is InChI=1S/C13H14N2O2/c1-7-3-2-4-8-9-5-6-14-12(13(16)17)11(9)15-10(7)8/h2-4,12,14-15H,5-6H2,1H3,(H,16,17). The first-order valence-corrected chi connectivity index (χ1v) is 5.74. The predicted octanol–water partition coefficient (Wildman–Crippen LogP) is 1.75. The second-order valence-electron chi connectivity index (χ2n) is 4.49. The zero-order valence-electron chi connectivity index (χ0n) is 9.58. The lowest BCUT2D eigenvalue weighted by Crippen LogP contribution is -2.34. The van der Waals surface area contributed by atoms with E-state index in [-0.39, 0.29) is 0 Å². The number of benzene rings is 1. The summed E-state index contributed by atoms with van der Waals surface area (Å²) in [5.74, 6) is -0.824. The number of aromatic nitrogens is 1. The molecule has 4 heteroatoms. The van der Waals surface area contributed by atoms with Gasteiger partial charge in [0.25, 0.3) is 0 Å². The zero-order valence-corrected chi connectivity index (χ0v) is 9.58. The number of nitrogens with one attached hydrogen (secondary N) is 2. The fourth-order valence-corrected chi connectivity index (χ4v) is 2.61. The summed E-state index contributed by atoms with van der Waals surface area (Å²) in [6.07, 6.45) is 0.878. The molecule has 17 heavy (non-hydrogen) atoms. The van der Waals surface area contributed by atoms with Gasteiger partial charge < -0.3 is 10.1 Å². The molecule has 2 heterocycles. The summed E-state index contributed by atoms with van der Waals surface area (Å²) >= 11 is 0. The zero-order chi connectivity index (χ0) is 12.0. The number of aromatic amines is 1. The first-order valence-electron chi connectivity index (χ1n) is 5.74. The smallest absolute Gasteiger partial charge is 0.326 e. The average molecular weight is 230 g/mol. The van der Waals surface area contributed by atoms with Crippen LogP contribution in [0.3, 0.4) is 0 Å². The maximum Gasteiger partial charge on any atom is 0.326 e. The lowest BCUT2D eigenvalue weighted by molar-refractivity contribution is -0.139. The molecule has 3 N–H and O–H groups in total. The Balaban J connectivity index is 2.28. The van der Waals surface area contributed by atoms with E-state index >= 15 is 0 Å². The molecule has 4 nitrogen and oxygen atoms in total. The molecular weight excluding hydrogens is 216 g/mol. The quantitative estimate of drug-likeness (QED) is 0.699. The molecule has 88 valence electrons. The molecule has 0 fully saturated rings. The second-order valence-corrected chi connectivity index (χ2v) is 4.49. The van der Waals surface area contributed by atoms with E-state index in [9.17, 15) is 9.90 Å². The molecule has 0 bridgehead atoms. The predicted molar refractivity (Wildman–Crippen MR) is 65.1 cm³/mol. The van der Waals surface area contributed by atoms with E-state index in [1.807, 2.05) is 19.1 Å². The van der Waals surface area contributed by atoms with E-state index < -0.39 is 12.0 Å². The first-order chi connectivity index (χ1) is 8.18. The molecule has 0 saturated heterocycles. The average Bonchev–Trinajstić information content (AvgIpc) is 2.69. The SMILES string of the molecule is Cc1cccc2c3c([nH]c12)C(C(=O)O)NCC3. The van der Waals surface area contributed by atoms with Gasteiger partial charge in [-0.2, -0.15) is 0 Å². The molecule has 1 unspecified atom stereocenters. The van der Waals surface area contributed by atoms with Gasteiger partial charge in [-0.05, 0) is 24.5 Å². The first kappa shape index (κ1) is 10.4. The van der Waals surface area contributed by atoms with Gasteiger partial charge >= 0.3 is 5.97 Å². The number of carboxylic acids is 1. The van der Waals surface area contributed by atoms with Crippen molar-refractivity contribution < 1.29 is 9.90 Å². The third-order valence-electron chi connectivity index (χ3n) is 3.44. The summed E-state index contributed by atoms with van der Waals surface area (Å²) in [4.78, 5) is 14.5. The molecule has 0 radical (unpaired) electrons. The number of fused-ring (bicyclic) bond motifs is 3. The van der Waals surface area contributed by atoms with Crippen LogP contribution in [0, 0.1) is 6.92 Å². The van der Waals surface area contributed by atoms with Gasteiger partial charge in [-0.15, -0.1) is 0 Å². The van der Waals surface area contributed by atoms with E-state index in [1.165, 1.54) is 0 Å². The van der Waals surface area contributed by atoms with Gasteiger partial charge in [-0.3, -0.25) is 10.1 Å². The van der Waals surface area contributed by atoms with Crippen LogP contribution in [0.5, 0.6) is 0 Å². The number of carbonyl (C=O) groups is 1. The van der Waals surface area contributed by atoms with Gasteiger partial charge in [0, 0.05) is 23.1 Å². The van der Waals surface area contributed by atoms with Gasteiger partial charge in [0.1, 0.15) is 6.04 Å². The summed E-state index contributed by atoms with van der Waals surface area (Å²) in [6, 6.07) is 5.50. The van der Waals surface area contributed by atoms with Gasteiger partial charge in [0.15, 0.2) is 0 Å². The Morgan fingerprint density at radius 3 is 3.06 bits per heavy atom. The Labute approximate surface area is 98.6 Å². The highest BCUT2D eigenvalue weighted by Crippen LogP contribution is 2.31. The van der Waals surface area contributed by atoms with Crippen molar-refractivity contribution in [3.63, 3.8) is 0 Å². The Morgan fingerprint density at radius 1 is 1.47 bits per heavy atom. The van der Waals surface area contributed by atoms with Gasteiger partial charge in [-0.1, -0.05) is 18.2 Å². The number of para-hydroxylation sites is 1. The van der Waals surface area contributed by atoms with E-state index in [0.717, 1.165) is 34.1 Å². The van der Waals surface area contributed by atoms with Crippen molar-refractivity contribution in [1.82, 2.24) is 10.3 Å². The van der Waals surface area contributed by atoms with Crippen molar-refractivity contribution in [3.05, 3.63) is 35.0 Å². The summed E-state index contributed by atoms with van der Waals surface area (Å²) < 4.78 is 0. The fraction of sp³-hybridized carbons (Fsp3) is 0.308. The fourth-order valence-electron chi connectivity index (χ4n) is 2.61. The molecule has 0 amide bonds. The summed E-state index contributed by atoms with van der Waals surface area (Å²) in [5.41, 5.74) is 4.18. The van der Waals surface area contributed by atoms with E-state index in [0.29, 0.717) is 6.54 Å². The van der Waals surface area contributed by atoms with Crippen LogP contribution < -0.4 is 5.32 Å². The molecule has 2 aromatic rings. The van der Waals surface area contributed by atoms with Crippen molar-refractivity contribution in [3.8, 4) is 0 Å². The minimum Gasteiger partial charge on any atom is -0.480 e. The Kier molecular flexibility index (Phi) is 2.19. The highest BCUT2D eigenvalue weighted by atomic mass is 16.4. The summed E-state index contributed by atoms with van der Waals surface area (Å²) in [5, 5.41) is 13.4. The molecule has 1 aromatic heterocycles. The highest BCUT2D eigenvalue weighted by Gasteiger charge is 2.28. The van der Waals surface area contributed by atoms with Crippen LogP contribution in [-0.4, -0.2) is 22.6 Å². The number of hydrogen-bond acceptors (Lipinski definition) is 2. The number of H-pyrrole nitrogens is 1. The molecule has 1 aliphatic heterocycles. The van der Waals surface area contributed by atoms with Crippen LogP contribution in [-0.2, 0) is 11.2 Å². The van der Waals surface area contributed by atoms with Gasteiger partial charge in [-0.25, -0.2) is 0 Å². The maximum absolute atomic E-state index is 11.2. The lowest BCUT2D eigenvalue weighted by atomic mass is 9.99. The Morgan fingerprint density at radius 2 is 2.29 bits per heavy atom. The largest absolute Gasteiger partial charge is 0.480 e. The van der Waals surface area contributed by atoms with Crippen molar-refractivity contribution >= 4 is 16.9 Å². The van der Waals surface area contributed by atoms with Crippen molar-refractivity contribution in [2.45, 2.75) is 19.4 Å². The monoisotopic (exact) mass is 230 g/mol. The second kappa shape index (κ2) is 3.60. The van der Waals surface area contributed by atoms with Crippen molar-refractivity contribution in [2.75, 3.05) is 6.54 Å². The number of hydrogen-bond donors (Lipinski definition) is 3. The Hall–Kier alpha value is -1.81. The third-order valence-corrected chi connectivity index (χ3v) is 3.44. The Bertz CT molecular complexity index is 601. The van der Waals surface area contributed by atoms with Crippen LogP contribution in [0.4, 0.5) is 0 Å². The normalized spacial score (nSPS) is 19.2.